The summed E-state index contributed by atoms with van der Waals surface area (Å²) in [5.41, 5.74) is 0.989. The number of hydrogen-bond donors (Lipinski definition) is 1. The van der Waals surface area contributed by atoms with Crippen molar-refractivity contribution in [3.63, 3.8) is 0 Å². The molecule has 0 aliphatic carbocycles. The number of rotatable bonds is 6. The summed E-state index contributed by atoms with van der Waals surface area (Å²) in [6, 6.07) is 0. The van der Waals surface area contributed by atoms with Gasteiger partial charge >= 0.3 is 0 Å². The lowest BCUT2D eigenvalue weighted by Gasteiger charge is -2.22. The second kappa shape index (κ2) is 6.66. The van der Waals surface area contributed by atoms with Crippen LogP contribution in [0.1, 0.15) is 18.5 Å². The normalized spacial score (nSPS) is 16.1. The summed E-state index contributed by atoms with van der Waals surface area (Å²) in [5, 5.41) is 3.10. The van der Waals surface area contributed by atoms with Crippen LogP contribution in [0, 0.1) is 0 Å². The van der Waals surface area contributed by atoms with E-state index in [-0.39, 0.29) is 0 Å². The topological polar surface area (TPSA) is 44.3 Å². The van der Waals surface area contributed by atoms with Crippen LogP contribution >= 0.6 is 0 Å². The fourth-order valence-electron chi connectivity index (χ4n) is 2.26. The Labute approximate surface area is 109 Å². The molecular weight excluding hydrogens is 226 g/mol. The summed E-state index contributed by atoms with van der Waals surface area (Å²) >= 11 is 0. The zero-order chi connectivity index (χ0) is 12.8. The molecule has 1 aromatic rings. The Hall–Kier alpha value is -1.20. The van der Waals surface area contributed by atoms with Crippen molar-refractivity contribution < 1.29 is 0 Å². The molecule has 1 aliphatic heterocycles. The highest BCUT2D eigenvalue weighted by atomic mass is 15.2. The molecule has 0 spiro atoms. The highest BCUT2D eigenvalue weighted by Crippen LogP contribution is 2.10. The molecule has 0 radical (unpaired) electrons. The monoisotopic (exact) mass is 249 g/mol. The van der Waals surface area contributed by atoms with Crippen molar-refractivity contribution in [3.05, 3.63) is 18.1 Å². The van der Waals surface area contributed by atoms with Gasteiger partial charge in [0.2, 0.25) is 0 Å². The van der Waals surface area contributed by atoms with Crippen LogP contribution in [-0.4, -0.2) is 55.1 Å². The summed E-state index contributed by atoms with van der Waals surface area (Å²) in [5.74, 6) is 0.960. The first-order valence-electron chi connectivity index (χ1n) is 6.68. The molecule has 18 heavy (non-hydrogen) atoms. The summed E-state index contributed by atoms with van der Waals surface area (Å²) in [6.45, 7) is 5.39. The Morgan fingerprint density at radius 1 is 1.33 bits per heavy atom. The zero-order valence-electron chi connectivity index (χ0n) is 11.4. The van der Waals surface area contributed by atoms with Crippen LogP contribution in [0.4, 0.5) is 5.82 Å². The van der Waals surface area contributed by atoms with Crippen LogP contribution in [0.2, 0.25) is 0 Å². The number of likely N-dealkylation sites (tertiary alicyclic amines) is 1. The number of nitrogens with one attached hydrogen (secondary N) is 1. The first kappa shape index (κ1) is 13.2. The zero-order valence-corrected chi connectivity index (χ0v) is 11.4. The number of nitrogens with zero attached hydrogens (tertiary/aromatic N) is 4. The molecule has 100 valence electrons. The minimum Gasteiger partial charge on any atom is -0.357 e. The van der Waals surface area contributed by atoms with Gasteiger partial charge < -0.3 is 15.1 Å². The lowest BCUT2D eigenvalue weighted by atomic mass is 10.4. The van der Waals surface area contributed by atoms with Crippen LogP contribution in [0.15, 0.2) is 12.4 Å². The third-order valence-corrected chi connectivity index (χ3v) is 3.37. The Morgan fingerprint density at radius 3 is 2.83 bits per heavy atom. The summed E-state index contributed by atoms with van der Waals surface area (Å²) in [6.07, 6.45) is 6.35. The van der Waals surface area contributed by atoms with Gasteiger partial charge in [-0.25, -0.2) is 4.98 Å². The van der Waals surface area contributed by atoms with Crippen molar-refractivity contribution in [1.29, 1.82) is 0 Å². The van der Waals surface area contributed by atoms with Gasteiger partial charge in [0.25, 0.3) is 0 Å². The SMILES string of the molecule is CNCc1cncc(N(C)CCN2CCCC2)n1. The van der Waals surface area contributed by atoms with Crippen LogP contribution in [0.5, 0.6) is 0 Å². The molecule has 0 saturated carbocycles. The minimum absolute atomic E-state index is 0.765. The molecule has 0 unspecified atom stereocenters. The average molecular weight is 249 g/mol. The lowest BCUT2D eigenvalue weighted by Crippen LogP contribution is -2.32. The summed E-state index contributed by atoms with van der Waals surface area (Å²) < 4.78 is 0. The molecule has 0 bridgehead atoms. The van der Waals surface area contributed by atoms with Gasteiger partial charge in [0.05, 0.1) is 11.9 Å². The maximum atomic E-state index is 4.59. The first-order chi connectivity index (χ1) is 8.79. The fourth-order valence-corrected chi connectivity index (χ4v) is 2.26. The van der Waals surface area contributed by atoms with Gasteiger partial charge in [-0.3, -0.25) is 4.98 Å². The van der Waals surface area contributed by atoms with E-state index in [1.54, 1.807) is 0 Å². The molecule has 5 heteroatoms. The first-order valence-corrected chi connectivity index (χ1v) is 6.68. The predicted molar refractivity (Wildman–Crippen MR) is 73.7 cm³/mol. The number of anilines is 1. The molecular formula is C13H23N5. The van der Waals surface area contributed by atoms with Crippen molar-refractivity contribution in [2.75, 3.05) is 45.2 Å². The molecule has 1 N–H and O–H groups in total. The molecule has 1 fully saturated rings. The van der Waals surface area contributed by atoms with E-state index in [2.05, 4.69) is 32.1 Å². The maximum Gasteiger partial charge on any atom is 0.147 e. The minimum atomic E-state index is 0.765. The molecule has 1 aromatic heterocycles. The molecule has 1 aliphatic rings. The van der Waals surface area contributed by atoms with Gasteiger partial charge in [-0.15, -0.1) is 0 Å². The summed E-state index contributed by atoms with van der Waals surface area (Å²) in [7, 11) is 4.01. The van der Waals surface area contributed by atoms with Gasteiger partial charge in [-0.1, -0.05) is 0 Å². The second-order valence-electron chi connectivity index (χ2n) is 4.87. The third-order valence-electron chi connectivity index (χ3n) is 3.37. The van der Waals surface area contributed by atoms with E-state index in [0.717, 1.165) is 31.1 Å². The smallest absolute Gasteiger partial charge is 0.147 e. The van der Waals surface area contributed by atoms with E-state index in [9.17, 15) is 0 Å². The average Bonchev–Trinajstić information content (AvgIpc) is 2.90. The van der Waals surface area contributed by atoms with E-state index in [4.69, 9.17) is 0 Å². The van der Waals surface area contributed by atoms with Gasteiger partial charge in [-0.05, 0) is 33.0 Å². The third kappa shape index (κ3) is 3.65. The van der Waals surface area contributed by atoms with Crippen molar-refractivity contribution >= 4 is 5.82 Å². The Kier molecular flexibility index (Phi) is 4.90. The molecule has 0 amide bonds. The van der Waals surface area contributed by atoms with E-state index < -0.39 is 0 Å². The lowest BCUT2D eigenvalue weighted by molar-refractivity contribution is 0.346. The molecule has 1 saturated heterocycles. The molecule has 2 heterocycles. The second-order valence-corrected chi connectivity index (χ2v) is 4.87. The van der Waals surface area contributed by atoms with Crippen molar-refractivity contribution in [3.8, 4) is 0 Å². The quantitative estimate of drug-likeness (QED) is 0.805. The van der Waals surface area contributed by atoms with Crippen LogP contribution < -0.4 is 10.2 Å². The van der Waals surface area contributed by atoms with Gasteiger partial charge in [0.1, 0.15) is 5.82 Å². The largest absolute Gasteiger partial charge is 0.357 e. The molecule has 0 atom stereocenters. The van der Waals surface area contributed by atoms with Crippen LogP contribution in [-0.2, 0) is 6.54 Å². The Morgan fingerprint density at radius 2 is 2.11 bits per heavy atom. The Bertz CT molecular complexity index is 362. The van der Waals surface area contributed by atoms with E-state index in [0.29, 0.717) is 0 Å². The van der Waals surface area contributed by atoms with Crippen molar-refractivity contribution in [1.82, 2.24) is 20.2 Å². The highest BCUT2D eigenvalue weighted by Gasteiger charge is 2.12. The van der Waals surface area contributed by atoms with Crippen molar-refractivity contribution in [2.24, 2.45) is 0 Å². The molecule has 2 rings (SSSR count). The number of aromatic nitrogens is 2. The number of likely N-dealkylation sites (N-methyl/N-ethyl adjacent to an activating group) is 1. The van der Waals surface area contributed by atoms with E-state index in [1.165, 1.54) is 25.9 Å². The highest BCUT2D eigenvalue weighted by molar-refractivity contribution is 5.35. The van der Waals surface area contributed by atoms with Gasteiger partial charge in [0.15, 0.2) is 0 Å². The molecule has 0 aromatic carbocycles. The maximum absolute atomic E-state index is 4.59. The van der Waals surface area contributed by atoms with E-state index >= 15 is 0 Å². The summed E-state index contributed by atoms with van der Waals surface area (Å²) in [4.78, 5) is 13.5. The van der Waals surface area contributed by atoms with Crippen LogP contribution in [0.25, 0.3) is 0 Å². The van der Waals surface area contributed by atoms with E-state index in [1.807, 2.05) is 19.4 Å². The standard InChI is InChI=1S/C13H23N5/c1-14-9-12-10-15-11-13(16-12)17(2)7-8-18-5-3-4-6-18/h10-11,14H,3-9H2,1-2H3. The van der Waals surface area contributed by atoms with Crippen LogP contribution in [0.3, 0.4) is 0 Å². The predicted octanol–water partition coefficient (Wildman–Crippen LogP) is 0.728. The Balaban J connectivity index is 1.86. The fraction of sp³-hybridized carbons (Fsp3) is 0.692. The van der Waals surface area contributed by atoms with Crippen molar-refractivity contribution in [2.45, 2.75) is 19.4 Å². The molecule has 5 nitrogen and oxygen atoms in total. The van der Waals surface area contributed by atoms with Gasteiger partial charge in [-0.2, -0.15) is 0 Å². The number of hydrogen-bond acceptors (Lipinski definition) is 5. The van der Waals surface area contributed by atoms with Gasteiger partial charge in [0, 0.05) is 32.9 Å².